The van der Waals surface area contributed by atoms with Crippen LogP contribution in [0.2, 0.25) is 0 Å². The van der Waals surface area contributed by atoms with Gasteiger partial charge in [0.1, 0.15) is 10.6 Å². The van der Waals surface area contributed by atoms with Crippen molar-refractivity contribution in [1.29, 1.82) is 0 Å². The summed E-state index contributed by atoms with van der Waals surface area (Å²) in [4.78, 5) is 35.5. The number of hydrogen-bond acceptors (Lipinski definition) is 4. The molecule has 25 heavy (non-hydrogen) atoms. The van der Waals surface area contributed by atoms with E-state index in [1.165, 1.54) is 29.5 Å². The third kappa shape index (κ3) is 2.68. The SMILES string of the molecule is Cc1sc2nc(-c3cccc(=O)[nH]3)[nH]c(=O)c2c1-c1ccc(F)cc1. The maximum atomic E-state index is 13.2. The first kappa shape index (κ1) is 15.5. The van der Waals surface area contributed by atoms with E-state index in [0.717, 1.165) is 16.0 Å². The number of fused-ring (bicyclic) bond motifs is 1. The highest BCUT2D eigenvalue weighted by Gasteiger charge is 2.17. The van der Waals surface area contributed by atoms with Gasteiger partial charge in [-0.3, -0.25) is 9.59 Å². The fourth-order valence-electron chi connectivity index (χ4n) is 2.80. The van der Waals surface area contributed by atoms with Crippen molar-refractivity contribution in [3.63, 3.8) is 0 Å². The predicted molar refractivity (Wildman–Crippen MR) is 96.4 cm³/mol. The number of pyridine rings is 1. The van der Waals surface area contributed by atoms with Gasteiger partial charge in [0.05, 0.1) is 11.1 Å². The Bertz CT molecular complexity index is 1210. The molecule has 3 heterocycles. The molecule has 0 aliphatic rings. The van der Waals surface area contributed by atoms with Gasteiger partial charge in [0.25, 0.3) is 5.56 Å². The first-order valence-corrected chi connectivity index (χ1v) is 8.33. The maximum Gasteiger partial charge on any atom is 0.260 e. The van der Waals surface area contributed by atoms with Crippen molar-refractivity contribution in [2.75, 3.05) is 0 Å². The van der Waals surface area contributed by atoms with Gasteiger partial charge in [-0.15, -0.1) is 11.3 Å². The molecule has 0 saturated heterocycles. The van der Waals surface area contributed by atoms with Crippen molar-refractivity contribution in [3.8, 4) is 22.6 Å². The second-order valence-electron chi connectivity index (χ2n) is 5.56. The number of nitrogens with one attached hydrogen (secondary N) is 2. The van der Waals surface area contributed by atoms with E-state index in [0.29, 0.717) is 21.7 Å². The van der Waals surface area contributed by atoms with E-state index in [1.807, 2.05) is 6.92 Å². The Morgan fingerprint density at radius 1 is 1.04 bits per heavy atom. The quantitative estimate of drug-likeness (QED) is 0.579. The van der Waals surface area contributed by atoms with E-state index < -0.39 is 0 Å². The van der Waals surface area contributed by atoms with Crippen molar-refractivity contribution in [1.82, 2.24) is 15.0 Å². The van der Waals surface area contributed by atoms with Crippen LogP contribution in [0, 0.1) is 12.7 Å². The summed E-state index contributed by atoms with van der Waals surface area (Å²) in [7, 11) is 0. The van der Waals surface area contributed by atoms with Crippen molar-refractivity contribution in [3.05, 3.63) is 73.9 Å². The number of hydrogen-bond donors (Lipinski definition) is 2. The lowest BCUT2D eigenvalue weighted by molar-refractivity contribution is 0.628. The van der Waals surface area contributed by atoms with E-state index in [1.54, 1.807) is 24.3 Å². The largest absolute Gasteiger partial charge is 0.319 e. The topological polar surface area (TPSA) is 78.6 Å². The number of nitrogens with zero attached hydrogens (tertiary/aromatic N) is 1. The summed E-state index contributed by atoms with van der Waals surface area (Å²) in [5, 5.41) is 0.469. The number of thiophene rings is 1. The van der Waals surface area contributed by atoms with E-state index >= 15 is 0 Å². The second-order valence-corrected chi connectivity index (χ2v) is 6.77. The third-order valence-corrected chi connectivity index (χ3v) is 4.89. The molecule has 0 aliphatic carbocycles. The van der Waals surface area contributed by atoms with Gasteiger partial charge >= 0.3 is 0 Å². The molecule has 0 atom stereocenters. The van der Waals surface area contributed by atoms with Crippen LogP contribution < -0.4 is 11.1 Å². The van der Waals surface area contributed by atoms with Crippen LogP contribution in [0.25, 0.3) is 32.9 Å². The Labute approximate surface area is 144 Å². The number of halogens is 1. The van der Waals surface area contributed by atoms with Crippen LogP contribution in [-0.4, -0.2) is 15.0 Å². The molecule has 3 aromatic heterocycles. The third-order valence-electron chi connectivity index (χ3n) is 3.89. The van der Waals surface area contributed by atoms with Gasteiger partial charge < -0.3 is 9.97 Å². The molecule has 1 aromatic carbocycles. The van der Waals surface area contributed by atoms with Gasteiger partial charge in [-0.2, -0.15) is 0 Å². The zero-order valence-corrected chi connectivity index (χ0v) is 13.9. The molecule has 2 N–H and O–H groups in total. The Morgan fingerprint density at radius 3 is 2.52 bits per heavy atom. The number of benzene rings is 1. The highest BCUT2D eigenvalue weighted by Crippen LogP contribution is 2.35. The molecule has 124 valence electrons. The summed E-state index contributed by atoms with van der Waals surface area (Å²) < 4.78 is 13.2. The number of aromatic amines is 2. The molecule has 0 fully saturated rings. The van der Waals surface area contributed by atoms with Crippen molar-refractivity contribution >= 4 is 21.6 Å². The first-order chi connectivity index (χ1) is 12.0. The second kappa shape index (κ2) is 5.78. The summed E-state index contributed by atoms with van der Waals surface area (Å²) in [5.74, 6) is -0.0228. The Balaban J connectivity index is 1.97. The fraction of sp³-hybridized carbons (Fsp3) is 0.0556. The number of aryl methyl sites for hydroxylation is 1. The molecule has 5 nitrogen and oxygen atoms in total. The lowest BCUT2D eigenvalue weighted by Crippen LogP contribution is -2.11. The van der Waals surface area contributed by atoms with Crippen LogP contribution >= 0.6 is 11.3 Å². The molecule has 0 bridgehead atoms. The standard InChI is InChI=1S/C18H12FN3O2S/c1-9-14(10-5-7-11(19)8-6-10)15-17(24)21-16(22-18(15)25-9)12-3-2-4-13(23)20-12/h2-8H,1H3,(H,20,23)(H,21,22,24). The highest BCUT2D eigenvalue weighted by atomic mass is 32.1. The number of rotatable bonds is 2. The maximum absolute atomic E-state index is 13.2. The van der Waals surface area contributed by atoms with E-state index in [-0.39, 0.29) is 16.9 Å². The van der Waals surface area contributed by atoms with E-state index in [4.69, 9.17) is 0 Å². The van der Waals surface area contributed by atoms with Gasteiger partial charge in [-0.25, -0.2) is 9.37 Å². The minimum Gasteiger partial charge on any atom is -0.319 e. The zero-order chi connectivity index (χ0) is 17.6. The molecule has 0 radical (unpaired) electrons. The van der Waals surface area contributed by atoms with Gasteiger partial charge in [0, 0.05) is 16.5 Å². The van der Waals surface area contributed by atoms with Crippen LogP contribution in [-0.2, 0) is 0 Å². The van der Waals surface area contributed by atoms with Crippen molar-refractivity contribution in [2.24, 2.45) is 0 Å². The first-order valence-electron chi connectivity index (χ1n) is 7.52. The van der Waals surface area contributed by atoms with Gasteiger partial charge in [0.15, 0.2) is 5.82 Å². The minimum atomic E-state index is -0.330. The molecule has 0 unspecified atom stereocenters. The van der Waals surface area contributed by atoms with Crippen LogP contribution in [0.3, 0.4) is 0 Å². The monoisotopic (exact) mass is 353 g/mol. The van der Waals surface area contributed by atoms with Crippen LogP contribution in [0.15, 0.2) is 52.1 Å². The predicted octanol–water partition coefficient (Wildman–Crippen LogP) is 3.45. The molecule has 0 spiro atoms. The van der Waals surface area contributed by atoms with Gasteiger partial charge in [0.2, 0.25) is 5.56 Å². The molecular weight excluding hydrogens is 341 g/mol. The summed E-state index contributed by atoms with van der Waals surface area (Å²) in [6, 6.07) is 10.7. The number of H-pyrrole nitrogens is 2. The molecule has 0 aliphatic heterocycles. The van der Waals surface area contributed by atoms with Gasteiger partial charge in [-0.1, -0.05) is 18.2 Å². The smallest absolute Gasteiger partial charge is 0.260 e. The molecule has 0 amide bonds. The van der Waals surface area contributed by atoms with Crippen molar-refractivity contribution in [2.45, 2.75) is 6.92 Å². The molecule has 0 saturated carbocycles. The average molecular weight is 353 g/mol. The lowest BCUT2D eigenvalue weighted by atomic mass is 10.0. The summed E-state index contributed by atoms with van der Waals surface area (Å²) >= 11 is 1.39. The van der Waals surface area contributed by atoms with Crippen molar-refractivity contribution < 1.29 is 4.39 Å². The summed E-state index contributed by atoms with van der Waals surface area (Å²) in [6.45, 7) is 1.90. The number of aromatic nitrogens is 3. The lowest BCUT2D eigenvalue weighted by Gasteiger charge is -2.03. The molecule has 4 aromatic rings. The Morgan fingerprint density at radius 2 is 1.80 bits per heavy atom. The normalized spacial score (nSPS) is 11.1. The summed E-state index contributed by atoms with van der Waals surface area (Å²) in [6.07, 6.45) is 0. The van der Waals surface area contributed by atoms with E-state index in [2.05, 4.69) is 15.0 Å². The summed E-state index contributed by atoms with van der Waals surface area (Å²) in [5.41, 5.74) is 1.39. The van der Waals surface area contributed by atoms with E-state index in [9.17, 15) is 14.0 Å². The van der Waals surface area contributed by atoms with Crippen LogP contribution in [0.5, 0.6) is 0 Å². The molecule has 4 rings (SSSR count). The Kier molecular flexibility index (Phi) is 3.58. The molecule has 7 heteroatoms. The minimum absolute atomic E-state index is 0.269. The van der Waals surface area contributed by atoms with Crippen LogP contribution in [0.4, 0.5) is 4.39 Å². The average Bonchev–Trinajstić information content (AvgIpc) is 2.92. The molecular formula is C18H12FN3O2S. The Hall–Kier alpha value is -3.06. The fourth-order valence-corrected chi connectivity index (χ4v) is 3.84. The highest BCUT2D eigenvalue weighted by molar-refractivity contribution is 7.19. The zero-order valence-electron chi connectivity index (χ0n) is 13.1. The van der Waals surface area contributed by atoms with Gasteiger partial charge in [-0.05, 0) is 30.7 Å². The van der Waals surface area contributed by atoms with Crippen LogP contribution in [0.1, 0.15) is 4.88 Å².